The topological polar surface area (TPSA) is 197 Å². The van der Waals surface area contributed by atoms with Gasteiger partial charge in [-0.05, 0) is 56.2 Å². The number of nitrogens with zero attached hydrogens (tertiary/aromatic N) is 1. The smallest absolute Gasteiger partial charge is 0.497 e. The van der Waals surface area contributed by atoms with Gasteiger partial charge >= 0.3 is 26.0 Å². The number of hydrogen-bond donors (Lipinski definition) is 1. The van der Waals surface area contributed by atoms with Crippen molar-refractivity contribution in [2.24, 2.45) is 0 Å². The lowest BCUT2D eigenvalue weighted by molar-refractivity contribution is -0.384. The molecule has 0 saturated carbocycles. The second-order valence-electron chi connectivity index (χ2n) is 10.9. The highest BCUT2D eigenvalue weighted by Crippen LogP contribution is 2.50. The molecule has 2 atom stereocenters. The first-order valence-corrected chi connectivity index (χ1v) is 16.2. The Morgan fingerprint density at radius 1 is 0.816 bits per heavy atom. The van der Waals surface area contributed by atoms with Crippen molar-refractivity contribution in [3.8, 4) is 11.5 Å². The van der Waals surface area contributed by atoms with E-state index in [2.05, 4.69) is 5.32 Å². The number of alkyl carbamates (subject to hydrolysis) is 1. The zero-order valence-electron chi connectivity index (χ0n) is 27.2. The van der Waals surface area contributed by atoms with Gasteiger partial charge in [0.15, 0.2) is 6.04 Å². The van der Waals surface area contributed by atoms with Crippen LogP contribution in [-0.2, 0) is 50.4 Å². The number of nitro groups is 1. The number of nitrogens with one attached hydrogen (secondary N) is 1. The molecule has 0 aromatic heterocycles. The Kier molecular flexibility index (Phi) is 14.5. The average Bonchev–Trinajstić information content (AvgIpc) is 3.07. The maximum absolute atomic E-state index is 13.7. The summed E-state index contributed by atoms with van der Waals surface area (Å²) in [7, 11) is -2.99. The molecule has 16 nitrogen and oxygen atoms in total. The molecule has 0 aliphatic heterocycles. The Morgan fingerprint density at radius 2 is 1.45 bits per heavy atom. The third kappa shape index (κ3) is 14.3. The van der Waals surface area contributed by atoms with E-state index < -0.39 is 62.4 Å². The number of phosphoric acid groups is 1. The van der Waals surface area contributed by atoms with Crippen molar-refractivity contribution in [2.75, 3.05) is 26.9 Å². The first-order chi connectivity index (χ1) is 23.2. The number of benzene rings is 3. The highest BCUT2D eigenvalue weighted by molar-refractivity contribution is 7.48. The van der Waals surface area contributed by atoms with Crippen LogP contribution in [0.2, 0.25) is 0 Å². The lowest BCUT2D eigenvalue weighted by Gasteiger charge is -2.24. The Labute approximate surface area is 282 Å². The standard InChI is InChI=1S/C32H37N2O14P/c1-32(2,3)48-30(36)33-28(29(35)43-20-24-10-14-26(41-4)15-11-24)22-46-49(40,45-21-23-8-6-5-7-9-23)44-19-18-42-31(37)47-27-16-12-25(13-17-27)34(38)39/h5-17,28H,18-22H2,1-4H3,(H,33,36). The van der Waals surface area contributed by atoms with Crippen LogP contribution in [0.5, 0.6) is 11.5 Å². The second-order valence-corrected chi connectivity index (χ2v) is 12.6. The molecule has 3 rings (SSSR count). The van der Waals surface area contributed by atoms with Gasteiger partial charge in [-0.3, -0.25) is 23.7 Å². The Hall–Kier alpha value is -5.02. The van der Waals surface area contributed by atoms with Crippen molar-refractivity contribution in [3.05, 3.63) is 100 Å². The molecule has 0 fully saturated rings. The number of ether oxygens (including phenoxy) is 5. The molecule has 17 heteroatoms. The molecule has 3 aromatic carbocycles. The number of phosphoric ester groups is 1. The molecule has 0 spiro atoms. The number of esters is 1. The van der Waals surface area contributed by atoms with E-state index in [9.17, 15) is 29.1 Å². The average molecular weight is 705 g/mol. The van der Waals surface area contributed by atoms with Crippen molar-refractivity contribution in [1.29, 1.82) is 0 Å². The molecule has 0 aliphatic carbocycles. The zero-order valence-corrected chi connectivity index (χ0v) is 28.1. The fourth-order valence-electron chi connectivity index (χ4n) is 3.64. The summed E-state index contributed by atoms with van der Waals surface area (Å²) in [6.45, 7) is 2.78. The van der Waals surface area contributed by atoms with E-state index >= 15 is 0 Å². The number of nitro benzene ring substituents is 1. The van der Waals surface area contributed by atoms with Crippen molar-refractivity contribution in [1.82, 2.24) is 5.32 Å². The summed E-state index contributed by atoms with van der Waals surface area (Å²) >= 11 is 0. The maximum Gasteiger partial charge on any atom is 0.513 e. The molecular weight excluding hydrogens is 667 g/mol. The number of methoxy groups -OCH3 is 1. The number of non-ortho nitro benzene ring substituents is 1. The Balaban J connectivity index is 1.65. The number of carbonyl (C=O) groups is 3. The van der Waals surface area contributed by atoms with Crippen LogP contribution in [0, 0.1) is 10.1 Å². The SMILES string of the molecule is COc1ccc(COC(=O)C(COP(=O)(OCCOC(=O)Oc2ccc([N+](=O)[O-])cc2)OCc2ccccc2)NC(=O)OC(C)(C)C)cc1. The first kappa shape index (κ1) is 38.4. The monoisotopic (exact) mass is 704 g/mol. The highest BCUT2D eigenvalue weighted by atomic mass is 31.2. The molecule has 2 unspecified atom stereocenters. The van der Waals surface area contributed by atoms with Crippen LogP contribution in [-0.4, -0.2) is 61.7 Å². The van der Waals surface area contributed by atoms with Crippen LogP contribution >= 0.6 is 7.82 Å². The number of rotatable bonds is 17. The molecule has 0 saturated heterocycles. The number of carbonyl (C=O) groups excluding carboxylic acids is 3. The Morgan fingerprint density at radius 3 is 2.06 bits per heavy atom. The van der Waals surface area contributed by atoms with E-state index in [0.717, 1.165) is 12.1 Å². The third-order valence-electron chi connectivity index (χ3n) is 5.95. The zero-order chi connectivity index (χ0) is 35.9. The minimum atomic E-state index is -4.50. The van der Waals surface area contributed by atoms with Crippen molar-refractivity contribution in [3.63, 3.8) is 0 Å². The van der Waals surface area contributed by atoms with Gasteiger partial charge in [0, 0.05) is 12.1 Å². The van der Waals surface area contributed by atoms with Gasteiger partial charge in [0.2, 0.25) is 0 Å². The summed E-state index contributed by atoms with van der Waals surface area (Å²) < 4.78 is 55.6. The molecule has 49 heavy (non-hydrogen) atoms. The van der Waals surface area contributed by atoms with Gasteiger partial charge in [0.05, 0.1) is 31.9 Å². The molecule has 3 aromatic rings. The predicted molar refractivity (Wildman–Crippen MR) is 172 cm³/mol. The minimum absolute atomic E-state index is 0.0147. The molecule has 0 aliphatic rings. The van der Waals surface area contributed by atoms with E-state index in [0.29, 0.717) is 16.9 Å². The maximum atomic E-state index is 13.7. The summed E-state index contributed by atoms with van der Waals surface area (Å²) in [5, 5.41) is 13.2. The number of hydrogen-bond acceptors (Lipinski definition) is 14. The summed E-state index contributed by atoms with van der Waals surface area (Å²) in [6, 6.07) is 18.5. The normalized spacial score (nSPS) is 12.9. The third-order valence-corrected chi connectivity index (χ3v) is 7.36. The largest absolute Gasteiger partial charge is 0.513 e. The summed E-state index contributed by atoms with van der Waals surface area (Å²) in [5.74, 6) is -0.348. The van der Waals surface area contributed by atoms with Gasteiger partial charge in [0.1, 0.15) is 30.3 Å². The lowest BCUT2D eigenvalue weighted by Crippen LogP contribution is -2.46. The van der Waals surface area contributed by atoms with Crippen molar-refractivity contribution >= 4 is 31.7 Å². The Bertz CT molecular complexity index is 1580. The molecule has 1 amide bonds. The molecule has 264 valence electrons. The van der Waals surface area contributed by atoms with Crippen LogP contribution < -0.4 is 14.8 Å². The number of amides is 1. The fraction of sp³-hybridized carbons (Fsp3) is 0.344. The molecular formula is C32H37N2O14P. The van der Waals surface area contributed by atoms with Crippen LogP contribution in [0.3, 0.4) is 0 Å². The van der Waals surface area contributed by atoms with E-state index in [1.807, 2.05) is 0 Å². The van der Waals surface area contributed by atoms with Gasteiger partial charge in [-0.1, -0.05) is 42.5 Å². The van der Waals surface area contributed by atoms with Gasteiger partial charge in [-0.15, -0.1) is 0 Å². The molecule has 0 radical (unpaired) electrons. The second kappa shape index (κ2) is 18.5. The predicted octanol–water partition coefficient (Wildman–Crippen LogP) is 6.11. The van der Waals surface area contributed by atoms with Crippen LogP contribution in [0.4, 0.5) is 15.3 Å². The molecule has 0 heterocycles. The van der Waals surface area contributed by atoms with E-state index in [-0.39, 0.29) is 24.7 Å². The lowest BCUT2D eigenvalue weighted by atomic mass is 10.2. The van der Waals surface area contributed by atoms with E-state index in [1.165, 1.54) is 19.2 Å². The van der Waals surface area contributed by atoms with E-state index in [4.69, 9.17) is 37.3 Å². The summed E-state index contributed by atoms with van der Waals surface area (Å²) in [6.07, 6.45) is -2.14. The van der Waals surface area contributed by atoms with Gasteiger partial charge in [0.25, 0.3) is 5.69 Å². The van der Waals surface area contributed by atoms with Gasteiger partial charge < -0.3 is 29.0 Å². The fourth-order valence-corrected chi connectivity index (χ4v) is 4.80. The highest BCUT2D eigenvalue weighted by Gasteiger charge is 2.33. The quantitative estimate of drug-likeness (QED) is 0.0321. The van der Waals surface area contributed by atoms with Gasteiger partial charge in [-0.2, -0.15) is 0 Å². The van der Waals surface area contributed by atoms with E-state index in [1.54, 1.807) is 75.4 Å². The van der Waals surface area contributed by atoms with Crippen LogP contribution in [0.1, 0.15) is 31.9 Å². The van der Waals surface area contributed by atoms with Crippen molar-refractivity contribution in [2.45, 2.75) is 45.6 Å². The molecule has 1 N–H and O–H groups in total. The van der Waals surface area contributed by atoms with Gasteiger partial charge in [-0.25, -0.2) is 18.9 Å². The molecule has 0 bridgehead atoms. The van der Waals surface area contributed by atoms with Crippen LogP contribution in [0.15, 0.2) is 78.9 Å². The minimum Gasteiger partial charge on any atom is -0.497 e. The summed E-state index contributed by atoms with van der Waals surface area (Å²) in [4.78, 5) is 47.9. The first-order valence-electron chi connectivity index (χ1n) is 14.7. The summed E-state index contributed by atoms with van der Waals surface area (Å²) in [5.41, 5.74) is 0.132. The van der Waals surface area contributed by atoms with Crippen molar-refractivity contribution < 1.29 is 61.1 Å². The van der Waals surface area contributed by atoms with Crippen LogP contribution in [0.25, 0.3) is 0 Å².